The van der Waals surface area contributed by atoms with Crippen LogP contribution in [0.4, 0.5) is 0 Å². The van der Waals surface area contributed by atoms with Crippen molar-refractivity contribution < 1.29 is 0 Å². The first kappa shape index (κ1) is 18.3. The number of aromatic amines is 1. The van der Waals surface area contributed by atoms with Crippen molar-refractivity contribution in [2.45, 2.75) is 17.5 Å². The van der Waals surface area contributed by atoms with Crippen LogP contribution in [-0.2, 0) is 12.3 Å². The van der Waals surface area contributed by atoms with Gasteiger partial charge in [-0.1, -0.05) is 42.1 Å². The summed E-state index contributed by atoms with van der Waals surface area (Å²) < 4.78 is 3.40. The zero-order valence-corrected chi connectivity index (χ0v) is 16.6. The molecule has 0 spiro atoms. The number of thioether (sulfide) groups is 1. The third-order valence-corrected chi connectivity index (χ3v) is 5.73. The molecule has 9 heteroatoms. The van der Waals surface area contributed by atoms with Gasteiger partial charge in [-0.2, -0.15) is 0 Å². The first-order chi connectivity index (χ1) is 14.7. The van der Waals surface area contributed by atoms with Crippen LogP contribution in [0.1, 0.15) is 5.82 Å². The number of hydrogen-bond donors (Lipinski definition) is 1. The fourth-order valence-electron chi connectivity index (χ4n) is 3.46. The average molecular weight is 416 g/mol. The van der Waals surface area contributed by atoms with Gasteiger partial charge in [0.2, 0.25) is 5.78 Å². The van der Waals surface area contributed by atoms with E-state index in [4.69, 9.17) is 0 Å². The van der Waals surface area contributed by atoms with E-state index in [9.17, 15) is 9.59 Å². The molecule has 0 fully saturated rings. The molecule has 0 bridgehead atoms. The highest BCUT2D eigenvalue weighted by Crippen LogP contribution is 2.24. The second-order valence-corrected chi connectivity index (χ2v) is 7.60. The molecule has 5 rings (SSSR count). The van der Waals surface area contributed by atoms with Crippen LogP contribution in [0.15, 0.2) is 75.9 Å². The van der Waals surface area contributed by atoms with Gasteiger partial charge in [0.05, 0.1) is 27.6 Å². The molecule has 8 nitrogen and oxygen atoms in total. The Bertz CT molecular complexity index is 1550. The summed E-state index contributed by atoms with van der Waals surface area (Å²) in [5.74, 6) is 1.39. The smallest absolute Gasteiger partial charge is 0.263 e. The second kappa shape index (κ2) is 7.27. The van der Waals surface area contributed by atoms with E-state index in [1.54, 1.807) is 22.8 Å². The van der Waals surface area contributed by atoms with Crippen molar-refractivity contribution in [3.05, 3.63) is 87.7 Å². The Balaban J connectivity index is 1.61. The molecule has 0 unspecified atom stereocenters. The third kappa shape index (κ3) is 2.91. The minimum Gasteiger partial charge on any atom is -0.309 e. The van der Waals surface area contributed by atoms with Crippen LogP contribution in [0.3, 0.4) is 0 Å². The van der Waals surface area contributed by atoms with Crippen LogP contribution in [0.25, 0.3) is 27.6 Å². The lowest BCUT2D eigenvalue weighted by Crippen LogP contribution is -2.22. The molecule has 0 amide bonds. The molecule has 5 aromatic rings. The summed E-state index contributed by atoms with van der Waals surface area (Å²) in [7, 11) is 0. The van der Waals surface area contributed by atoms with Crippen LogP contribution in [-0.4, -0.2) is 29.1 Å². The Kier molecular flexibility index (Phi) is 4.44. The number of hydrogen-bond acceptors (Lipinski definition) is 6. The number of allylic oxidation sites excluding steroid dienone is 1. The Labute approximate surface area is 173 Å². The SMILES string of the molecule is C=CCn1c(=O)c2ccccc2n2c(SCc3nc4ccccc4c(=O)[nH]3)nnc12. The standard InChI is InChI=1S/C21H16N6O2S/c1-2-11-26-19(29)14-8-4-6-10-16(14)27-20(26)24-25-21(27)30-12-17-22-15-9-5-3-7-13(15)18(28)23-17/h2-10H,1,11-12H2,(H,22,23,28). The van der Waals surface area contributed by atoms with Crippen LogP contribution < -0.4 is 11.1 Å². The van der Waals surface area contributed by atoms with E-state index in [2.05, 4.69) is 26.7 Å². The number of nitrogens with zero attached hydrogens (tertiary/aromatic N) is 5. The molecule has 0 saturated heterocycles. The first-order valence-electron chi connectivity index (χ1n) is 9.25. The molecule has 0 aliphatic carbocycles. The Hall–Kier alpha value is -3.72. The normalized spacial score (nSPS) is 11.5. The molecule has 0 radical (unpaired) electrons. The maximum Gasteiger partial charge on any atom is 0.263 e. The molecule has 3 aromatic heterocycles. The number of aromatic nitrogens is 6. The fourth-order valence-corrected chi connectivity index (χ4v) is 4.27. The highest BCUT2D eigenvalue weighted by molar-refractivity contribution is 7.98. The summed E-state index contributed by atoms with van der Waals surface area (Å²) in [4.78, 5) is 32.5. The highest BCUT2D eigenvalue weighted by atomic mass is 32.2. The second-order valence-electron chi connectivity index (χ2n) is 6.66. The minimum atomic E-state index is -0.174. The lowest BCUT2D eigenvalue weighted by Gasteiger charge is -2.09. The largest absolute Gasteiger partial charge is 0.309 e. The van der Waals surface area contributed by atoms with Crippen molar-refractivity contribution in [1.82, 2.24) is 29.1 Å². The van der Waals surface area contributed by atoms with Crippen LogP contribution in [0.5, 0.6) is 0 Å². The average Bonchev–Trinajstić information content (AvgIpc) is 3.19. The lowest BCUT2D eigenvalue weighted by atomic mass is 10.2. The van der Waals surface area contributed by atoms with Crippen LogP contribution >= 0.6 is 11.8 Å². The van der Waals surface area contributed by atoms with Crippen molar-refractivity contribution in [3.8, 4) is 0 Å². The summed E-state index contributed by atoms with van der Waals surface area (Å²) >= 11 is 1.39. The molecule has 2 aromatic carbocycles. The first-order valence-corrected chi connectivity index (χ1v) is 10.2. The van der Waals surface area contributed by atoms with Gasteiger partial charge in [0, 0.05) is 6.54 Å². The summed E-state index contributed by atoms with van der Waals surface area (Å²) in [6, 6.07) is 14.6. The third-order valence-electron chi connectivity index (χ3n) is 4.79. The van der Waals surface area contributed by atoms with Crippen LogP contribution in [0.2, 0.25) is 0 Å². The molecule has 3 heterocycles. The van der Waals surface area contributed by atoms with E-state index >= 15 is 0 Å². The Morgan fingerprint density at radius 1 is 1.03 bits per heavy atom. The molecule has 1 N–H and O–H groups in total. The summed E-state index contributed by atoms with van der Waals surface area (Å²) in [6.45, 7) is 4.06. The van der Waals surface area contributed by atoms with Gasteiger partial charge < -0.3 is 4.98 Å². The maximum atomic E-state index is 12.9. The molecule has 0 aliphatic heterocycles. The Morgan fingerprint density at radius 2 is 1.80 bits per heavy atom. The summed E-state index contributed by atoms with van der Waals surface area (Å²) in [6.07, 6.45) is 1.65. The van der Waals surface area contributed by atoms with Gasteiger partial charge in [-0.3, -0.25) is 18.6 Å². The van der Waals surface area contributed by atoms with Crippen molar-refractivity contribution in [1.29, 1.82) is 0 Å². The molecular formula is C21H16N6O2S. The molecule has 148 valence electrons. The molecule has 0 saturated carbocycles. The number of benzene rings is 2. The zero-order chi connectivity index (χ0) is 20.7. The predicted molar refractivity (Wildman–Crippen MR) is 117 cm³/mol. The van der Waals surface area contributed by atoms with Crippen molar-refractivity contribution in [2.24, 2.45) is 0 Å². The number of nitrogens with one attached hydrogen (secondary N) is 1. The van der Waals surface area contributed by atoms with E-state index in [-0.39, 0.29) is 11.1 Å². The lowest BCUT2D eigenvalue weighted by molar-refractivity contribution is 0.783. The topological polar surface area (TPSA) is 97.9 Å². The van der Waals surface area contributed by atoms with Gasteiger partial charge in [0.1, 0.15) is 5.82 Å². The van der Waals surface area contributed by atoms with Crippen LogP contribution in [0, 0.1) is 0 Å². The molecule has 0 atom stereocenters. The highest BCUT2D eigenvalue weighted by Gasteiger charge is 2.16. The van der Waals surface area contributed by atoms with Crippen molar-refractivity contribution >= 4 is 39.3 Å². The van der Waals surface area contributed by atoms with E-state index in [1.807, 2.05) is 40.8 Å². The fraction of sp³-hybridized carbons (Fsp3) is 0.0952. The van der Waals surface area contributed by atoms with Gasteiger partial charge in [-0.25, -0.2) is 4.98 Å². The zero-order valence-electron chi connectivity index (χ0n) is 15.8. The van der Waals surface area contributed by atoms with Crippen molar-refractivity contribution in [2.75, 3.05) is 0 Å². The number of fused-ring (bicyclic) bond motifs is 4. The molecular weight excluding hydrogens is 400 g/mol. The quantitative estimate of drug-likeness (QED) is 0.349. The number of H-pyrrole nitrogens is 1. The number of para-hydroxylation sites is 2. The van der Waals surface area contributed by atoms with Gasteiger partial charge in [0.15, 0.2) is 5.16 Å². The summed E-state index contributed by atoms with van der Waals surface area (Å²) in [5, 5.41) is 10.3. The Morgan fingerprint density at radius 3 is 2.63 bits per heavy atom. The minimum absolute atomic E-state index is 0.137. The molecule has 30 heavy (non-hydrogen) atoms. The van der Waals surface area contributed by atoms with Gasteiger partial charge in [0.25, 0.3) is 11.1 Å². The predicted octanol–water partition coefficient (Wildman–Crippen LogP) is 2.76. The van der Waals surface area contributed by atoms with E-state index < -0.39 is 0 Å². The number of rotatable bonds is 5. The van der Waals surface area contributed by atoms with Gasteiger partial charge in [-0.15, -0.1) is 16.8 Å². The van der Waals surface area contributed by atoms with E-state index in [0.29, 0.717) is 45.3 Å². The van der Waals surface area contributed by atoms with Gasteiger partial charge in [-0.05, 0) is 24.3 Å². The van der Waals surface area contributed by atoms with E-state index in [1.165, 1.54) is 11.8 Å². The molecule has 0 aliphatic rings. The monoisotopic (exact) mass is 416 g/mol. The summed E-state index contributed by atoms with van der Waals surface area (Å²) in [5.41, 5.74) is 1.06. The maximum absolute atomic E-state index is 12.9. The van der Waals surface area contributed by atoms with Gasteiger partial charge >= 0.3 is 0 Å². The van der Waals surface area contributed by atoms with Crippen molar-refractivity contribution in [3.63, 3.8) is 0 Å². The van der Waals surface area contributed by atoms with E-state index in [0.717, 1.165) is 5.52 Å².